The molecule has 5 heteroatoms. The highest BCUT2D eigenvalue weighted by atomic mass is 79.9. The van der Waals surface area contributed by atoms with Gasteiger partial charge in [-0.25, -0.2) is 4.39 Å². The minimum Gasteiger partial charge on any atom is -0.352 e. The summed E-state index contributed by atoms with van der Waals surface area (Å²) in [5.74, 6) is -0.870. The molecule has 1 amide bonds. The second-order valence-corrected chi connectivity index (χ2v) is 5.99. The van der Waals surface area contributed by atoms with Crippen LogP contribution in [0.2, 0.25) is 0 Å². The normalized spacial score (nSPS) is 11.2. The number of carbonyl (C=O) groups excluding carboxylic acids is 1. The number of hydrogen-bond acceptors (Lipinski definition) is 2. The molecular formula is C15H22BrFN2O. The second-order valence-electron chi connectivity index (χ2n) is 5.14. The Morgan fingerprint density at radius 2 is 2.10 bits per heavy atom. The van der Waals surface area contributed by atoms with E-state index in [0.29, 0.717) is 17.1 Å². The maximum Gasteiger partial charge on any atom is 0.254 e. The van der Waals surface area contributed by atoms with E-state index >= 15 is 0 Å². The first kappa shape index (κ1) is 17.1. The fraction of sp³-hybridized carbons (Fsp3) is 0.533. The molecule has 0 bridgehead atoms. The fourth-order valence-corrected chi connectivity index (χ4v) is 2.09. The lowest BCUT2D eigenvalue weighted by molar-refractivity contribution is 0.0948. The van der Waals surface area contributed by atoms with Crippen molar-refractivity contribution in [2.24, 2.45) is 0 Å². The maximum atomic E-state index is 13.7. The van der Waals surface area contributed by atoms with E-state index in [4.69, 9.17) is 0 Å². The minimum absolute atomic E-state index is 0.0821. The van der Waals surface area contributed by atoms with Gasteiger partial charge < -0.3 is 10.2 Å². The molecule has 0 radical (unpaired) electrons. The van der Waals surface area contributed by atoms with Crippen LogP contribution >= 0.6 is 15.9 Å². The van der Waals surface area contributed by atoms with Crippen LogP contribution in [0.4, 0.5) is 4.39 Å². The summed E-state index contributed by atoms with van der Waals surface area (Å²) in [5, 5.41) is 2.75. The average Bonchev–Trinajstić information content (AvgIpc) is 2.40. The first-order chi connectivity index (χ1) is 9.43. The highest BCUT2D eigenvalue weighted by Gasteiger charge is 2.13. The molecule has 0 saturated carbocycles. The van der Waals surface area contributed by atoms with Gasteiger partial charge in [0.2, 0.25) is 0 Å². The summed E-state index contributed by atoms with van der Waals surface area (Å²) >= 11 is 3.08. The van der Waals surface area contributed by atoms with Gasteiger partial charge >= 0.3 is 0 Å². The monoisotopic (exact) mass is 344 g/mol. The number of carbonyl (C=O) groups is 1. The third-order valence-corrected chi connectivity index (χ3v) is 3.91. The van der Waals surface area contributed by atoms with Crippen LogP contribution in [0.5, 0.6) is 0 Å². The maximum absolute atomic E-state index is 13.7. The Kier molecular flexibility index (Phi) is 7.16. The predicted molar refractivity (Wildman–Crippen MR) is 83.4 cm³/mol. The number of amides is 1. The van der Waals surface area contributed by atoms with Crippen molar-refractivity contribution in [1.29, 1.82) is 0 Å². The SMILES string of the molecule is CC(C)N(C)CCCCNC(=O)c1cccc(Br)c1F. The molecule has 0 fully saturated rings. The number of nitrogens with zero attached hydrogens (tertiary/aromatic N) is 1. The van der Waals surface area contributed by atoms with Crippen LogP contribution in [-0.4, -0.2) is 37.0 Å². The fourth-order valence-electron chi connectivity index (χ4n) is 1.72. The van der Waals surface area contributed by atoms with E-state index in [0.717, 1.165) is 19.4 Å². The predicted octanol–water partition coefficient (Wildman–Crippen LogP) is 3.44. The zero-order chi connectivity index (χ0) is 15.1. The average molecular weight is 345 g/mol. The lowest BCUT2D eigenvalue weighted by atomic mass is 10.2. The highest BCUT2D eigenvalue weighted by Crippen LogP contribution is 2.18. The Hall–Kier alpha value is -0.940. The Morgan fingerprint density at radius 3 is 2.75 bits per heavy atom. The van der Waals surface area contributed by atoms with Gasteiger partial charge in [0.1, 0.15) is 5.82 Å². The third kappa shape index (κ3) is 5.21. The van der Waals surface area contributed by atoms with Gasteiger partial charge in [-0.15, -0.1) is 0 Å². The third-order valence-electron chi connectivity index (χ3n) is 3.30. The first-order valence-electron chi connectivity index (χ1n) is 6.86. The topological polar surface area (TPSA) is 32.3 Å². The Labute approximate surface area is 128 Å². The van der Waals surface area contributed by atoms with Crippen LogP contribution in [0.1, 0.15) is 37.0 Å². The van der Waals surface area contributed by atoms with Gasteiger partial charge in [0.25, 0.3) is 5.91 Å². The van der Waals surface area contributed by atoms with Crippen molar-refractivity contribution in [3.63, 3.8) is 0 Å². The van der Waals surface area contributed by atoms with Gasteiger partial charge in [-0.05, 0) is 68.3 Å². The quantitative estimate of drug-likeness (QED) is 0.768. The van der Waals surface area contributed by atoms with E-state index in [9.17, 15) is 9.18 Å². The second kappa shape index (κ2) is 8.37. The molecule has 112 valence electrons. The molecule has 0 aliphatic carbocycles. The van der Waals surface area contributed by atoms with Gasteiger partial charge in [0.15, 0.2) is 0 Å². The zero-order valence-electron chi connectivity index (χ0n) is 12.2. The highest BCUT2D eigenvalue weighted by molar-refractivity contribution is 9.10. The molecule has 0 aliphatic rings. The summed E-state index contributed by atoms with van der Waals surface area (Å²) in [5.41, 5.74) is 0.0821. The largest absolute Gasteiger partial charge is 0.352 e. The van der Waals surface area contributed by atoms with Gasteiger partial charge in [-0.2, -0.15) is 0 Å². The van der Waals surface area contributed by atoms with Crippen molar-refractivity contribution < 1.29 is 9.18 Å². The Bertz CT molecular complexity index is 451. The van der Waals surface area contributed by atoms with Crippen LogP contribution in [-0.2, 0) is 0 Å². The first-order valence-corrected chi connectivity index (χ1v) is 7.65. The van der Waals surface area contributed by atoms with Gasteiger partial charge in [-0.3, -0.25) is 4.79 Å². The molecule has 0 aliphatic heterocycles. The Morgan fingerprint density at radius 1 is 1.40 bits per heavy atom. The van der Waals surface area contributed by atoms with E-state index in [-0.39, 0.29) is 11.5 Å². The molecule has 0 unspecified atom stereocenters. The minimum atomic E-state index is -0.510. The number of unbranched alkanes of at least 4 members (excludes halogenated alkanes) is 1. The molecular weight excluding hydrogens is 323 g/mol. The molecule has 0 aromatic heterocycles. The van der Waals surface area contributed by atoms with Gasteiger partial charge in [-0.1, -0.05) is 6.07 Å². The van der Waals surface area contributed by atoms with E-state index in [1.807, 2.05) is 0 Å². The van der Waals surface area contributed by atoms with Crippen LogP contribution in [0.25, 0.3) is 0 Å². The molecule has 20 heavy (non-hydrogen) atoms. The van der Waals surface area contributed by atoms with Crippen molar-refractivity contribution >= 4 is 21.8 Å². The summed E-state index contributed by atoms with van der Waals surface area (Å²) in [4.78, 5) is 14.1. The van der Waals surface area contributed by atoms with Crippen LogP contribution in [0, 0.1) is 5.82 Å². The summed E-state index contributed by atoms with van der Waals surface area (Å²) in [6, 6.07) is 5.25. The van der Waals surface area contributed by atoms with Crippen molar-refractivity contribution in [3.05, 3.63) is 34.1 Å². The summed E-state index contributed by atoms with van der Waals surface area (Å²) < 4.78 is 14.0. The Balaban J connectivity index is 2.32. The molecule has 3 nitrogen and oxygen atoms in total. The van der Waals surface area contributed by atoms with E-state index in [2.05, 4.69) is 47.0 Å². The van der Waals surface area contributed by atoms with Crippen LogP contribution in [0.15, 0.2) is 22.7 Å². The molecule has 0 atom stereocenters. The standard InChI is InChI=1S/C15H22BrFN2O/c1-11(2)19(3)10-5-4-9-18-15(20)12-7-6-8-13(16)14(12)17/h6-8,11H,4-5,9-10H2,1-3H3,(H,18,20). The molecule has 1 aromatic rings. The van der Waals surface area contributed by atoms with E-state index in [1.54, 1.807) is 12.1 Å². The molecule has 0 spiro atoms. The number of hydrogen-bond donors (Lipinski definition) is 1. The molecule has 1 aromatic carbocycles. The van der Waals surface area contributed by atoms with Crippen molar-refractivity contribution in [1.82, 2.24) is 10.2 Å². The van der Waals surface area contributed by atoms with Crippen molar-refractivity contribution in [3.8, 4) is 0 Å². The molecule has 0 heterocycles. The zero-order valence-corrected chi connectivity index (χ0v) is 13.8. The van der Waals surface area contributed by atoms with Crippen LogP contribution < -0.4 is 5.32 Å². The number of rotatable bonds is 7. The van der Waals surface area contributed by atoms with Crippen molar-refractivity contribution in [2.75, 3.05) is 20.1 Å². The molecule has 1 N–H and O–H groups in total. The summed E-state index contributed by atoms with van der Waals surface area (Å²) in [6.07, 6.45) is 1.90. The lowest BCUT2D eigenvalue weighted by Gasteiger charge is -2.20. The summed E-state index contributed by atoms with van der Waals surface area (Å²) in [7, 11) is 2.08. The van der Waals surface area contributed by atoms with E-state index in [1.165, 1.54) is 6.07 Å². The number of halogens is 2. The van der Waals surface area contributed by atoms with Crippen LogP contribution in [0.3, 0.4) is 0 Å². The number of benzene rings is 1. The van der Waals surface area contributed by atoms with Gasteiger partial charge in [0.05, 0.1) is 10.0 Å². The molecule has 0 saturated heterocycles. The van der Waals surface area contributed by atoms with Gasteiger partial charge in [0, 0.05) is 12.6 Å². The summed E-state index contributed by atoms with van der Waals surface area (Å²) in [6.45, 7) is 5.87. The number of nitrogens with one attached hydrogen (secondary N) is 1. The smallest absolute Gasteiger partial charge is 0.254 e. The molecule has 1 rings (SSSR count). The van der Waals surface area contributed by atoms with Crippen molar-refractivity contribution in [2.45, 2.75) is 32.7 Å². The van der Waals surface area contributed by atoms with E-state index < -0.39 is 5.82 Å². The lowest BCUT2D eigenvalue weighted by Crippen LogP contribution is -2.29.